The number of amides is 2. The van der Waals surface area contributed by atoms with E-state index < -0.39 is 17.6 Å². The molecule has 0 bridgehead atoms. The molecule has 128 valence electrons. The molecule has 0 saturated heterocycles. The number of nitrogens with zero attached hydrogens (tertiary/aromatic N) is 1. The quantitative estimate of drug-likeness (QED) is 0.760. The van der Waals surface area contributed by atoms with Crippen molar-refractivity contribution >= 4 is 11.8 Å². The number of carbonyl (C=O) groups excluding carboxylic acids is 2. The Balaban J connectivity index is 2.08. The highest BCUT2D eigenvalue weighted by molar-refractivity contribution is 5.95. The van der Waals surface area contributed by atoms with Gasteiger partial charge in [-0.15, -0.1) is 0 Å². The van der Waals surface area contributed by atoms with Gasteiger partial charge in [0, 0.05) is 13.1 Å². The van der Waals surface area contributed by atoms with Gasteiger partial charge in [-0.1, -0.05) is 42.5 Å². The van der Waals surface area contributed by atoms with Crippen molar-refractivity contribution in [2.75, 3.05) is 13.1 Å². The fourth-order valence-electron chi connectivity index (χ4n) is 2.35. The van der Waals surface area contributed by atoms with Gasteiger partial charge in [0.25, 0.3) is 5.91 Å². The molecule has 1 atom stereocenters. The summed E-state index contributed by atoms with van der Waals surface area (Å²) in [5.41, 5.74) is 0.657. The van der Waals surface area contributed by atoms with Crippen LogP contribution < -0.4 is 10.6 Å². The standard InChI is InChI=1S/C19H18FN3O2/c20-17-10-5-4-9-15(17)18(24)23-13-16(14-7-2-1-3-8-14)19(25)22-12-6-11-21/h1-5,7-10,16H,6,12-13H2,(H,22,25)(H,23,24). The van der Waals surface area contributed by atoms with Crippen molar-refractivity contribution < 1.29 is 14.0 Å². The number of nitrogens with one attached hydrogen (secondary N) is 2. The van der Waals surface area contributed by atoms with Gasteiger partial charge < -0.3 is 10.6 Å². The molecule has 2 rings (SSSR count). The van der Waals surface area contributed by atoms with Crippen LogP contribution in [0.4, 0.5) is 4.39 Å². The summed E-state index contributed by atoms with van der Waals surface area (Å²) in [6.07, 6.45) is 0.203. The Morgan fingerprint density at radius 1 is 1.04 bits per heavy atom. The summed E-state index contributed by atoms with van der Waals surface area (Å²) in [7, 11) is 0. The van der Waals surface area contributed by atoms with E-state index >= 15 is 0 Å². The first-order chi connectivity index (χ1) is 12.1. The van der Waals surface area contributed by atoms with E-state index in [1.807, 2.05) is 12.1 Å². The van der Waals surface area contributed by atoms with E-state index in [1.165, 1.54) is 18.2 Å². The second-order valence-electron chi connectivity index (χ2n) is 5.35. The van der Waals surface area contributed by atoms with Crippen LogP contribution >= 0.6 is 0 Å². The third-order valence-corrected chi connectivity index (χ3v) is 3.64. The average molecular weight is 339 g/mol. The van der Waals surface area contributed by atoms with Crippen molar-refractivity contribution in [1.82, 2.24) is 10.6 Å². The molecule has 0 aromatic heterocycles. The molecule has 0 saturated carbocycles. The fourth-order valence-corrected chi connectivity index (χ4v) is 2.35. The van der Waals surface area contributed by atoms with Crippen LogP contribution in [0.3, 0.4) is 0 Å². The molecule has 0 aliphatic carbocycles. The molecule has 6 heteroatoms. The minimum Gasteiger partial charge on any atom is -0.354 e. The van der Waals surface area contributed by atoms with Gasteiger partial charge in [-0.3, -0.25) is 9.59 Å². The Labute approximate surface area is 145 Å². The molecule has 0 fully saturated rings. The number of carbonyl (C=O) groups is 2. The van der Waals surface area contributed by atoms with Gasteiger partial charge in [-0.25, -0.2) is 4.39 Å². The van der Waals surface area contributed by atoms with Gasteiger partial charge in [0.05, 0.1) is 24.0 Å². The summed E-state index contributed by atoms with van der Waals surface area (Å²) < 4.78 is 13.7. The van der Waals surface area contributed by atoms with Crippen LogP contribution in [0.15, 0.2) is 54.6 Å². The molecule has 1 unspecified atom stereocenters. The van der Waals surface area contributed by atoms with Crippen molar-refractivity contribution in [3.63, 3.8) is 0 Å². The van der Waals surface area contributed by atoms with Crippen LogP contribution in [0.5, 0.6) is 0 Å². The van der Waals surface area contributed by atoms with Crippen molar-refractivity contribution in [3.8, 4) is 6.07 Å². The molecular weight excluding hydrogens is 321 g/mol. The fraction of sp³-hybridized carbons (Fsp3) is 0.211. The Morgan fingerprint density at radius 3 is 2.40 bits per heavy atom. The van der Waals surface area contributed by atoms with Gasteiger partial charge in [0.1, 0.15) is 5.82 Å². The Hall–Kier alpha value is -3.20. The van der Waals surface area contributed by atoms with E-state index in [0.717, 1.165) is 5.56 Å². The van der Waals surface area contributed by atoms with Gasteiger partial charge in [-0.05, 0) is 17.7 Å². The molecule has 5 nitrogen and oxygen atoms in total. The minimum atomic E-state index is -0.629. The summed E-state index contributed by atoms with van der Waals surface area (Å²) in [4.78, 5) is 24.5. The second-order valence-corrected chi connectivity index (χ2v) is 5.35. The number of rotatable bonds is 7. The van der Waals surface area contributed by atoms with Crippen LogP contribution in [0.1, 0.15) is 28.3 Å². The molecule has 2 aromatic carbocycles. The van der Waals surface area contributed by atoms with E-state index in [-0.39, 0.29) is 31.0 Å². The van der Waals surface area contributed by atoms with Crippen molar-refractivity contribution in [2.24, 2.45) is 0 Å². The van der Waals surface area contributed by atoms with E-state index in [1.54, 1.807) is 30.3 Å². The van der Waals surface area contributed by atoms with E-state index in [2.05, 4.69) is 10.6 Å². The lowest BCUT2D eigenvalue weighted by atomic mass is 9.98. The highest BCUT2D eigenvalue weighted by Crippen LogP contribution is 2.15. The van der Waals surface area contributed by atoms with Crippen LogP contribution in [0, 0.1) is 17.1 Å². The maximum Gasteiger partial charge on any atom is 0.254 e. The minimum absolute atomic E-state index is 0.0234. The molecular formula is C19H18FN3O2. The van der Waals surface area contributed by atoms with E-state index in [0.29, 0.717) is 0 Å². The molecule has 25 heavy (non-hydrogen) atoms. The normalized spacial score (nSPS) is 11.2. The highest BCUT2D eigenvalue weighted by atomic mass is 19.1. The molecule has 0 radical (unpaired) electrons. The third kappa shape index (κ3) is 5.15. The number of hydrogen-bond acceptors (Lipinski definition) is 3. The third-order valence-electron chi connectivity index (χ3n) is 3.64. The molecule has 2 amide bonds. The topological polar surface area (TPSA) is 82.0 Å². The average Bonchev–Trinajstić information content (AvgIpc) is 2.63. The number of nitriles is 1. The van der Waals surface area contributed by atoms with Crippen LogP contribution in [-0.2, 0) is 4.79 Å². The zero-order chi connectivity index (χ0) is 18.1. The molecule has 0 aliphatic heterocycles. The monoisotopic (exact) mass is 339 g/mol. The maximum atomic E-state index is 13.7. The predicted octanol–water partition coefficient (Wildman–Crippen LogP) is 2.37. The number of benzene rings is 2. The highest BCUT2D eigenvalue weighted by Gasteiger charge is 2.22. The summed E-state index contributed by atoms with van der Waals surface area (Å²) in [6, 6.07) is 16.6. The summed E-state index contributed by atoms with van der Waals surface area (Å²) in [5, 5.41) is 13.8. The molecule has 2 N–H and O–H groups in total. The lowest BCUT2D eigenvalue weighted by Gasteiger charge is -2.18. The summed E-state index contributed by atoms with van der Waals surface area (Å²) in [5.74, 6) is -2.12. The first-order valence-corrected chi connectivity index (χ1v) is 7.86. The van der Waals surface area contributed by atoms with Crippen LogP contribution in [0.2, 0.25) is 0 Å². The Kier molecular flexibility index (Phi) is 6.66. The molecule has 0 heterocycles. The largest absolute Gasteiger partial charge is 0.354 e. The van der Waals surface area contributed by atoms with Crippen molar-refractivity contribution in [1.29, 1.82) is 5.26 Å². The smallest absolute Gasteiger partial charge is 0.254 e. The number of halogens is 1. The molecule has 0 aliphatic rings. The lowest BCUT2D eigenvalue weighted by molar-refractivity contribution is -0.122. The predicted molar refractivity (Wildman–Crippen MR) is 91.2 cm³/mol. The second kappa shape index (κ2) is 9.18. The van der Waals surface area contributed by atoms with Crippen LogP contribution in [-0.4, -0.2) is 24.9 Å². The van der Waals surface area contributed by atoms with E-state index in [9.17, 15) is 14.0 Å². The Bertz CT molecular complexity index is 772. The zero-order valence-corrected chi connectivity index (χ0v) is 13.5. The van der Waals surface area contributed by atoms with Crippen molar-refractivity contribution in [3.05, 3.63) is 71.5 Å². The van der Waals surface area contributed by atoms with Gasteiger partial charge in [0.15, 0.2) is 0 Å². The molecule has 0 spiro atoms. The lowest BCUT2D eigenvalue weighted by Crippen LogP contribution is -2.38. The summed E-state index contributed by atoms with van der Waals surface area (Å²) in [6.45, 7) is 0.259. The SMILES string of the molecule is N#CCCNC(=O)C(CNC(=O)c1ccccc1F)c1ccccc1. The number of hydrogen-bond donors (Lipinski definition) is 2. The van der Waals surface area contributed by atoms with Gasteiger partial charge >= 0.3 is 0 Å². The Morgan fingerprint density at radius 2 is 1.72 bits per heavy atom. The zero-order valence-electron chi connectivity index (χ0n) is 13.5. The molecule has 2 aromatic rings. The first kappa shape index (κ1) is 18.1. The summed E-state index contributed by atoms with van der Waals surface area (Å²) >= 11 is 0. The van der Waals surface area contributed by atoms with Gasteiger partial charge in [-0.2, -0.15) is 5.26 Å². The van der Waals surface area contributed by atoms with E-state index in [4.69, 9.17) is 5.26 Å². The first-order valence-electron chi connectivity index (χ1n) is 7.86. The van der Waals surface area contributed by atoms with Crippen molar-refractivity contribution in [2.45, 2.75) is 12.3 Å². The van der Waals surface area contributed by atoms with Gasteiger partial charge in [0.2, 0.25) is 5.91 Å². The van der Waals surface area contributed by atoms with Crippen LogP contribution in [0.25, 0.3) is 0 Å². The maximum absolute atomic E-state index is 13.7.